The number of aliphatic hydroxyl groups is 1. The van der Waals surface area contributed by atoms with Gasteiger partial charge in [-0.2, -0.15) is 0 Å². The molecule has 0 spiro atoms. The topological polar surface area (TPSA) is 87.1 Å². The van der Waals surface area contributed by atoms with Crippen LogP contribution in [0, 0.1) is 0 Å². The van der Waals surface area contributed by atoms with Gasteiger partial charge in [0.15, 0.2) is 0 Å². The number of ether oxygens (including phenoxy) is 1. The predicted octanol–water partition coefficient (Wildman–Crippen LogP) is 5.07. The highest BCUT2D eigenvalue weighted by atomic mass is 35.5. The van der Waals surface area contributed by atoms with E-state index in [4.69, 9.17) is 16.3 Å². The Balaban J connectivity index is 1.94. The van der Waals surface area contributed by atoms with E-state index in [-0.39, 0.29) is 22.6 Å². The second-order valence-corrected chi connectivity index (χ2v) is 7.59. The van der Waals surface area contributed by atoms with Crippen molar-refractivity contribution in [1.29, 1.82) is 0 Å². The van der Waals surface area contributed by atoms with E-state index in [1.54, 1.807) is 61.5 Å². The van der Waals surface area contributed by atoms with Gasteiger partial charge in [-0.1, -0.05) is 41.9 Å². The van der Waals surface area contributed by atoms with Crippen molar-refractivity contribution >= 4 is 34.7 Å². The van der Waals surface area contributed by atoms with Crippen LogP contribution >= 0.6 is 11.6 Å². The standard InChI is InChI=1S/C25H20ClNO5/c1-2-32-20-14-16(11-12-19(20)26)23(29)21-22(15-7-6-10-18(28)13-15)27(25(31)24(21)30)17-8-4-3-5-9-17/h3-14,22,28-29H,2H2,1H3/b23-21-. The number of para-hydroxylation sites is 1. The molecule has 1 heterocycles. The number of benzene rings is 3. The predicted molar refractivity (Wildman–Crippen MR) is 122 cm³/mol. The number of halogens is 1. The highest BCUT2D eigenvalue weighted by molar-refractivity contribution is 6.51. The number of carbonyl (C=O) groups is 2. The van der Waals surface area contributed by atoms with Crippen molar-refractivity contribution in [2.24, 2.45) is 0 Å². The number of Topliss-reactive ketones (excluding diaryl/α,β-unsaturated/α-hetero) is 1. The number of rotatable bonds is 5. The molecule has 0 bridgehead atoms. The molecule has 6 nitrogen and oxygen atoms in total. The molecule has 0 aliphatic carbocycles. The lowest BCUT2D eigenvalue weighted by atomic mass is 9.95. The zero-order valence-electron chi connectivity index (χ0n) is 17.2. The molecule has 0 radical (unpaired) electrons. The summed E-state index contributed by atoms with van der Waals surface area (Å²) in [6.07, 6.45) is 0. The highest BCUT2D eigenvalue weighted by Crippen LogP contribution is 2.43. The first-order valence-electron chi connectivity index (χ1n) is 10.00. The second kappa shape index (κ2) is 8.77. The van der Waals surface area contributed by atoms with E-state index >= 15 is 0 Å². The molecule has 1 aliphatic heterocycles. The van der Waals surface area contributed by atoms with Crippen molar-refractivity contribution in [2.75, 3.05) is 11.5 Å². The molecule has 7 heteroatoms. The third-order valence-electron chi connectivity index (χ3n) is 5.17. The van der Waals surface area contributed by atoms with Gasteiger partial charge in [0.2, 0.25) is 0 Å². The van der Waals surface area contributed by atoms with Crippen molar-refractivity contribution in [3.8, 4) is 11.5 Å². The summed E-state index contributed by atoms with van der Waals surface area (Å²) in [5.74, 6) is -1.62. The van der Waals surface area contributed by atoms with Gasteiger partial charge in [-0.05, 0) is 55.0 Å². The van der Waals surface area contributed by atoms with Crippen molar-refractivity contribution in [3.05, 3.63) is 94.5 Å². The van der Waals surface area contributed by atoms with Crippen LogP contribution in [0.15, 0.2) is 78.4 Å². The van der Waals surface area contributed by atoms with Crippen LogP contribution in [0.5, 0.6) is 11.5 Å². The summed E-state index contributed by atoms with van der Waals surface area (Å²) in [6, 6.07) is 18.7. The molecule has 1 saturated heterocycles. The van der Waals surface area contributed by atoms with Gasteiger partial charge in [0.05, 0.1) is 23.2 Å². The SMILES string of the molecule is CCOc1cc(/C(O)=C2/C(=O)C(=O)N(c3ccccc3)C2c2cccc(O)c2)ccc1Cl. The largest absolute Gasteiger partial charge is 0.508 e. The van der Waals surface area contributed by atoms with Crippen LogP contribution in [0.3, 0.4) is 0 Å². The fraction of sp³-hybridized carbons (Fsp3) is 0.120. The third-order valence-corrected chi connectivity index (χ3v) is 5.48. The van der Waals surface area contributed by atoms with Gasteiger partial charge in [-0.15, -0.1) is 0 Å². The Hall–Kier alpha value is -3.77. The van der Waals surface area contributed by atoms with Crippen molar-refractivity contribution in [3.63, 3.8) is 0 Å². The summed E-state index contributed by atoms with van der Waals surface area (Å²) >= 11 is 6.16. The number of carbonyl (C=O) groups excluding carboxylic acids is 2. The summed E-state index contributed by atoms with van der Waals surface area (Å²) < 4.78 is 5.49. The number of aliphatic hydroxyl groups excluding tert-OH is 1. The van der Waals surface area contributed by atoms with Gasteiger partial charge in [-0.25, -0.2) is 0 Å². The number of nitrogens with zero attached hydrogens (tertiary/aromatic N) is 1. The first-order valence-corrected chi connectivity index (χ1v) is 10.4. The number of anilines is 1. The maximum Gasteiger partial charge on any atom is 0.300 e. The lowest BCUT2D eigenvalue weighted by Crippen LogP contribution is -2.29. The van der Waals surface area contributed by atoms with Gasteiger partial charge < -0.3 is 14.9 Å². The number of ketones is 1. The van der Waals surface area contributed by atoms with Crippen LogP contribution in [0.25, 0.3) is 5.76 Å². The number of phenols is 1. The summed E-state index contributed by atoms with van der Waals surface area (Å²) in [5, 5.41) is 21.6. The minimum Gasteiger partial charge on any atom is -0.508 e. The van der Waals surface area contributed by atoms with E-state index in [9.17, 15) is 19.8 Å². The Morgan fingerprint density at radius 1 is 1.03 bits per heavy atom. The zero-order valence-corrected chi connectivity index (χ0v) is 17.9. The molecule has 1 aliphatic rings. The van der Waals surface area contributed by atoms with Gasteiger partial charge in [0, 0.05) is 11.3 Å². The van der Waals surface area contributed by atoms with E-state index in [2.05, 4.69) is 0 Å². The highest BCUT2D eigenvalue weighted by Gasteiger charge is 2.47. The van der Waals surface area contributed by atoms with Gasteiger partial charge in [-0.3, -0.25) is 14.5 Å². The summed E-state index contributed by atoms with van der Waals surface area (Å²) in [7, 11) is 0. The monoisotopic (exact) mass is 449 g/mol. The van der Waals surface area contributed by atoms with Crippen LogP contribution < -0.4 is 9.64 Å². The molecule has 3 aromatic carbocycles. The van der Waals surface area contributed by atoms with Crippen LogP contribution in [0.2, 0.25) is 5.02 Å². The normalized spacial score (nSPS) is 17.6. The van der Waals surface area contributed by atoms with Crippen LogP contribution in [0.4, 0.5) is 5.69 Å². The first kappa shape index (κ1) is 21.5. The minimum atomic E-state index is -0.935. The summed E-state index contributed by atoms with van der Waals surface area (Å²) in [6.45, 7) is 2.17. The molecular formula is C25H20ClNO5. The molecule has 32 heavy (non-hydrogen) atoms. The Bertz CT molecular complexity index is 1220. The molecule has 162 valence electrons. The Morgan fingerprint density at radius 2 is 1.78 bits per heavy atom. The number of aromatic hydroxyl groups is 1. The van der Waals surface area contributed by atoms with E-state index in [1.807, 2.05) is 0 Å². The minimum absolute atomic E-state index is 0.0220. The number of hydrogen-bond acceptors (Lipinski definition) is 5. The first-order chi connectivity index (χ1) is 15.4. The fourth-order valence-corrected chi connectivity index (χ4v) is 3.94. The number of amides is 1. The molecule has 4 rings (SSSR count). The number of phenolic OH excluding ortho intramolecular Hbond substituents is 1. The Kier molecular flexibility index (Phi) is 5.88. The summed E-state index contributed by atoms with van der Waals surface area (Å²) in [4.78, 5) is 27.5. The molecule has 1 amide bonds. The van der Waals surface area contributed by atoms with Gasteiger partial charge >= 0.3 is 0 Å². The van der Waals surface area contributed by atoms with Gasteiger partial charge in [0.1, 0.15) is 17.3 Å². The van der Waals surface area contributed by atoms with Crippen molar-refractivity contribution < 1.29 is 24.5 Å². The molecule has 1 fully saturated rings. The molecular weight excluding hydrogens is 430 g/mol. The van der Waals surface area contributed by atoms with Crippen LogP contribution in [0.1, 0.15) is 24.1 Å². The van der Waals surface area contributed by atoms with Gasteiger partial charge in [0.25, 0.3) is 11.7 Å². The van der Waals surface area contributed by atoms with Crippen LogP contribution in [-0.2, 0) is 9.59 Å². The number of hydrogen-bond donors (Lipinski definition) is 2. The average Bonchev–Trinajstić information content (AvgIpc) is 3.06. The fourth-order valence-electron chi connectivity index (χ4n) is 3.77. The Morgan fingerprint density at radius 3 is 2.47 bits per heavy atom. The Labute approximate surface area is 189 Å². The zero-order chi connectivity index (χ0) is 22.8. The maximum absolute atomic E-state index is 13.1. The molecule has 2 N–H and O–H groups in total. The molecule has 3 aromatic rings. The maximum atomic E-state index is 13.1. The lowest BCUT2D eigenvalue weighted by molar-refractivity contribution is -0.132. The molecule has 1 atom stereocenters. The molecule has 0 aromatic heterocycles. The van der Waals surface area contributed by atoms with E-state index in [1.165, 1.54) is 23.1 Å². The van der Waals surface area contributed by atoms with Crippen molar-refractivity contribution in [2.45, 2.75) is 13.0 Å². The van der Waals surface area contributed by atoms with E-state index in [0.717, 1.165) is 0 Å². The van der Waals surface area contributed by atoms with Crippen LogP contribution in [-0.4, -0.2) is 28.5 Å². The van der Waals surface area contributed by atoms with E-state index in [0.29, 0.717) is 28.6 Å². The van der Waals surface area contributed by atoms with E-state index < -0.39 is 17.7 Å². The average molecular weight is 450 g/mol. The summed E-state index contributed by atoms with van der Waals surface area (Å²) in [5.41, 5.74) is 1.17. The smallest absolute Gasteiger partial charge is 0.300 e. The lowest BCUT2D eigenvalue weighted by Gasteiger charge is -2.25. The second-order valence-electron chi connectivity index (χ2n) is 7.18. The quantitative estimate of drug-likeness (QED) is 0.322. The third kappa shape index (κ3) is 3.81. The molecule has 1 unspecified atom stereocenters. The molecule has 0 saturated carbocycles. The van der Waals surface area contributed by atoms with Crippen molar-refractivity contribution in [1.82, 2.24) is 0 Å².